The number of thioether (sulfide) groups is 2. The van der Waals surface area contributed by atoms with E-state index in [9.17, 15) is 9.59 Å². The molecular weight excluding hydrogens is 192 g/mol. The Labute approximate surface area is 80.5 Å². The standard InChI is InChI=1S/C8H10O2S2/c1-7(9)11-5-3-4-6-12-8(2)10/h3-6H,1-2H3. The predicted molar refractivity (Wildman–Crippen MR) is 54.8 cm³/mol. The van der Waals surface area contributed by atoms with E-state index in [4.69, 9.17) is 0 Å². The summed E-state index contributed by atoms with van der Waals surface area (Å²) in [5.41, 5.74) is 0. The first-order valence-electron chi connectivity index (χ1n) is 3.29. The van der Waals surface area contributed by atoms with Crippen LogP contribution in [0.4, 0.5) is 0 Å². The number of carbonyl (C=O) groups excluding carboxylic acids is 2. The van der Waals surface area contributed by atoms with Crippen LogP contribution in [0.15, 0.2) is 23.0 Å². The highest BCUT2D eigenvalue weighted by Crippen LogP contribution is 2.05. The number of hydrogen-bond acceptors (Lipinski definition) is 4. The maximum atomic E-state index is 10.4. The molecule has 0 aliphatic rings. The van der Waals surface area contributed by atoms with Crippen molar-refractivity contribution in [3.63, 3.8) is 0 Å². The fourth-order valence-corrected chi connectivity index (χ4v) is 1.08. The third-order valence-electron chi connectivity index (χ3n) is 0.736. The van der Waals surface area contributed by atoms with E-state index in [1.807, 2.05) is 0 Å². The Hall–Kier alpha value is -0.480. The summed E-state index contributed by atoms with van der Waals surface area (Å²) >= 11 is 2.25. The quantitative estimate of drug-likeness (QED) is 0.659. The van der Waals surface area contributed by atoms with Crippen molar-refractivity contribution in [1.82, 2.24) is 0 Å². The van der Waals surface area contributed by atoms with Gasteiger partial charge in [0.1, 0.15) is 0 Å². The minimum Gasteiger partial charge on any atom is -0.287 e. The van der Waals surface area contributed by atoms with Crippen LogP contribution in [0.1, 0.15) is 13.8 Å². The van der Waals surface area contributed by atoms with Crippen molar-refractivity contribution in [2.45, 2.75) is 13.8 Å². The molecule has 0 aromatic carbocycles. The summed E-state index contributed by atoms with van der Waals surface area (Å²) in [6, 6.07) is 0. The van der Waals surface area contributed by atoms with Crippen LogP contribution in [0.2, 0.25) is 0 Å². The molecule has 0 saturated carbocycles. The molecule has 0 saturated heterocycles. The molecule has 0 fully saturated rings. The van der Waals surface area contributed by atoms with Crippen LogP contribution in [-0.2, 0) is 9.59 Å². The van der Waals surface area contributed by atoms with Gasteiger partial charge in [-0.25, -0.2) is 0 Å². The van der Waals surface area contributed by atoms with Gasteiger partial charge in [0.15, 0.2) is 10.2 Å². The number of rotatable bonds is 3. The molecule has 4 heteroatoms. The number of hydrogen-bond donors (Lipinski definition) is 0. The lowest BCUT2D eigenvalue weighted by atomic mass is 10.6. The minimum atomic E-state index is 0.0545. The Kier molecular flexibility index (Phi) is 6.90. The van der Waals surface area contributed by atoms with Crippen LogP contribution in [-0.4, -0.2) is 10.2 Å². The Morgan fingerprint density at radius 3 is 1.50 bits per heavy atom. The molecule has 2 nitrogen and oxygen atoms in total. The van der Waals surface area contributed by atoms with Crippen LogP contribution in [0, 0.1) is 0 Å². The zero-order valence-electron chi connectivity index (χ0n) is 6.94. The normalized spacial score (nSPS) is 11.2. The average Bonchev–Trinajstić information content (AvgIpc) is 1.95. The van der Waals surface area contributed by atoms with Crippen LogP contribution >= 0.6 is 23.5 Å². The van der Waals surface area contributed by atoms with Gasteiger partial charge in [0.2, 0.25) is 0 Å². The molecule has 0 N–H and O–H groups in total. The van der Waals surface area contributed by atoms with E-state index in [0.717, 1.165) is 23.5 Å². The second-order valence-corrected chi connectivity index (χ2v) is 4.04. The van der Waals surface area contributed by atoms with Gasteiger partial charge in [-0.3, -0.25) is 9.59 Å². The van der Waals surface area contributed by atoms with Crippen LogP contribution in [0.25, 0.3) is 0 Å². The van der Waals surface area contributed by atoms with Gasteiger partial charge >= 0.3 is 0 Å². The predicted octanol–water partition coefficient (Wildman–Crippen LogP) is 2.57. The summed E-state index contributed by atoms with van der Waals surface area (Å²) in [4.78, 5) is 20.8. The molecule has 0 heterocycles. The molecule has 12 heavy (non-hydrogen) atoms. The highest BCUT2D eigenvalue weighted by Gasteiger charge is 1.85. The number of carbonyl (C=O) groups is 2. The van der Waals surface area contributed by atoms with Gasteiger partial charge in [0.05, 0.1) is 0 Å². The van der Waals surface area contributed by atoms with Crippen molar-refractivity contribution < 1.29 is 9.59 Å². The second kappa shape index (κ2) is 7.18. The van der Waals surface area contributed by atoms with E-state index in [1.54, 1.807) is 23.0 Å². The van der Waals surface area contributed by atoms with E-state index >= 15 is 0 Å². The van der Waals surface area contributed by atoms with E-state index < -0.39 is 0 Å². The Morgan fingerprint density at radius 1 is 0.917 bits per heavy atom. The van der Waals surface area contributed by atoms with Gasteiger partial charge in [-0.2, -0.15) is 0 Å². The molecule has 0 rings (SSSR count). The fourth-order valence-electron chi connectivity index (χ4n) is 0.361. The van der Waals surface area contributed by atoms with E-state index in [2.05, 4.69) is 0 Å². The Morgan fingerprint density at radius 2 is 1.25 bits per heavy atom. The smallest absolute Gasteiger partial charge is 0.190 e. The third-order valence-corrected chi connectivity index (χ3v) is 1.99. The summed E-state index contributed by atoms with van der Waals surface area (Å²) in [7, 11) is 0. The molecule has 0 radical (unpaired) electrons. The van der Waals surface area contributed by atoms with Gasteiger partial charge in [0, 0.05) is 13.8 Å². The SMILES string of the molecule is CC(=O)SC=CC=CSC(C)=O. The maximum absolute atomic E-state index is 10.4. The fraction of sp³-hybridized carbons (Fsp3) is 0.250. The average molecular weight is 202 g/mol. The van der Waals surface area contributed by atoms with Crippen molar-refractivity contribution in [2.75, 3.05) is 0 Å². The molecule has 66 valence electrons. The maximum Gasteiger partial charge on any atom is 0.190 e. The van der Waals surface area contributed by atoms with Crippen molar-refractivity contribution in [3.05, 3.63) is 23.0 Å². The molecule has 0 bridgehead atoms. The van der Waals surface area contributed by atoms with Gasteiger partial charge in [-0.1, -0.05) is 35.7 Å². The van der Waals surface area contributed by atoms with Crippen molar-refractivity contribution in [3.8, 4) is 0 Å². The van der Waals surface area contributed by atoms with Gasteiger partial charge in [-0.15, -0.1) is 0 Å². The Balaban J connectivity index is 3.52. The first-order valence-corrected chi connectivity index (χ1v) is 5.05. The summed E-state index contributed by atoms with van der Waals surface area (Å²) in [6.45, 7) is 3.01. The molecule has 0 amide bonds. The zero-order chi connectivity index (χ0) is 9.40. The Bertz CT molecular complexity index is 195. The summed E-state index contributed by atoms with van der Waals surface area (Å²) < 4.78 is 0. The molecule has 0 aromatic heterocycles. The molecule has 0 aliphatic carbocycles. The van der Waals surface area contributed by atoms with Crippen LogP contribution in [0.3, 0.4) is 0 Å². The van der Waals surface area contributed by atoms with Gasteiger partial charge in [0.25, 0.3) is 0 Å². The summed E-state index contributed by atoms with van der Waals surface area (Å²) in [5, 5.41) is 3.47. The van der Waals surface area contributed by atoms with Gasteiger partial charge < -0.3 is 0 Å². The molecule has 0 atom stereocenters. The molecule has 0 aliphatic heterocycles. The monoisotopic (exact) mass is 202 g/mol. The van der Waals surface area contributed by atoms with Crippen LogP contribution in [0.5, 0.6) is 0 Å². The molecule has 0 aromatic rings. The van der Waals surface area contributed by atoms with Crippen molar-refractivity contribution in [2.24, 2.45) is 0 Å². The summed E-state index contributed by atoms with van der Waals surface area (Å²) in [5.74, 6) is 0. The molecule has 0 unspecified atom stereocenters. The molecule has 0 spiro atoms. The lowest BCUT2D eigenvalue weighted by Crippen LogP contribution is -1.74. The largest absolute Gasteiger partial charge is 0.287 e. The third kappa shape index (κ3) is 9.52. The zero-order valence-corrected chi connectivity index (χ0v) is 8.58. The molecular formula is C8H10O2S2. The van der Waals surface area contributed by atoms with Gasteiger partial charge in [-0.05, 0) is 10.8 Å². The van der Waals surface area contributed by atoms with E-state index in [-0.39, 0.29) is 10.2 Å². The highest BCUT2D eigenvalue weighted by molar-refractivity contribution is 8.16. The lowest BCUT2D eigenvalue weighted by molar-refractivity contribution is -0.109. The first-order chi connectivity index (χ1) is 5.63. The highest BCUT2D eigenvalue weighted by atomic mass is 32.2. The minimum absolute atomic E-state index is 0.0545. The topological polar surface area (TPSA) is 34.1 Å². The van der Waals surface area contributed by atoms with Crippen LogP contribution < -0.4 is 0 Å². The van der Waals surface area contributed by atoms with E-state index in [0.29, 0.717) is 0 Å². The second-order valence-electron chi connectivity index (χ2n) is 1.88. The number of allylic oxidation sites excluding steroid dienone is 2. The lowest BCUT2D eigenvalue weighted by Gasteiger charge is -1.82. The van der Waals surface area contributed by atoms with Crippen molar-refractivity contribution in [1.29, 1.82) is 0 Å². The van der Waals surface area contributed by atoms with E-state index in [1.165, 1.54) is 13.8 Å². The van der Waals surface area contributed by atoms with Crippen molar-refractivity contribution >= 4 is 33.8 Å². The first kappa shape index (κ1) is 11.5. The summed E-state index contributed by atoms with van der Waals surface area (Å²) in [6.07, 6.45) is 3.45.